The second-order valence-electron chi connectivity index (χ2n) is 2.82. The highest BCUT2D eigenvalue weighted by Gasteiger charge is 2.12. The van der Waals surface area contributed by atoms with Crippen LogP contribution in [0.4, 0.5) is 0 Å². The van der Waals surface area contributed by atoms with Gasteiger partial charge in [0, 0.05) is 19.6 Å². The number of amides is 1. The van der Waals surface area contributed by atoms with Crippen LogP contribution in [0, 0.1) is 0 Å². The molecule has 0 aromatic carbocycles. The van der Waals surface area contributed by atoms with Gasteiger partial charge in [0.05, 0.1) is 19.9 Å². The minimum absolute atomic E-state index is 0.684. The third kappa shape index (κ3) is 2.79. The second kappa shape index (κ2) is 5.11. The molecule has 69 valence electrons. The summed E-state index contributed by atoms with van der Waals surface area (Å²) in [6, 6.07) is 0. The number of rotatable bonds is 4. The van der Waals surface area contributed by atoms with Crippen LogP contribution in [0.3, 0.4) is 0 Å². The van der Waals surface area contributed by atoms with E-state index in [0.29, 0.717) is 6.67 Å². The van der Waals surface area contributed by atoms with E-state index in [1.807, 2.05) is 13.3 Å². The van der Waals surface area contributed by atoms with Crippen molar-refractivity contribution in [3.8, 4) is 0 Å². The van der Waals surface area contributed by atoms with Gasteiger partial charge in [-0.1, -0.05) is 0 Å². The lowest BCUT2D eigenvalue weighted by molar-refractivity contribution is 0.0217. The first kappa shape index (κ1) is 9.48. The molecule has 1 fully saturated rings. The molecule has 1 aliphatic rings. The first-order valence-electron chi connectivity index (χ1n) is 4.29. The number of hydrogen-bond acceptors (Lipinski definition) is 3. The molecule has 0 aromatic heterocycles. The van der Waals surface area contributed by atoms with E-state index in [1.54, 1.807) is 4.90 Å². The van der Waals surface area contributed by atoms with Crippen LogP contribution in [0.25, 0.3) is 0 Å². The molecule has 1 aliphatic heterocycles. The molecule has 4 heteroatoms. The molecule has 0 spiro atoms. The maximum absolute atomic E-state index is 10.4. The monoisotopic (exact) mass is 171 g/mol. The lowest BCUT2D eigenvalue weighted by atomic mass is 10.4. The largest absolute Gasteiger partial charge is 0.379 e. The van der Waals surface area contributed by atoms with Gasteiger partial charge in [-0.25, -0.2) is 0 Å². The summed E-state index contributed by atoms with van der Waals surface area (Å²) < 4.78 is 5.19. The third-order valence-electron chi connectivity index (χ3n) is 1.99. The summed E-state index contributed by atoms with van der Waals surface area (Å²) in [6.07, 6.45) is 1.90. The van der Waals surface area contributed by atoms with Gasteiger partial charge in [0.2, 0.25) is 0 Å². The van der Waals surface area contributed by atoms with Gasteiger partial charge in [-0.05, 0) is 6.92 Å². The highest BCUT2D eigenvalue weighted by atomic mass is 16.5. The van der Waals surface area contributed by atoms with Crippen molar-refractivity contribution in [2.75, 3.05) is 39.5 Å². The van der Waals surface area contributed by atoms with Crippen LogP contribution in [0.2, 0.25) is 0 Å². The fourth-order valence-corrected chi connectivity index (χ4v) is 1.18. The van der Waals surface area contributed by atoms with Crippen molar-refractivity contribution in [2.45, 2.75) is 6.92 Å². The molecular weight excluding hydrogens is 156 g/mol. The van der Waals surface area contributed by atoms with E-state index in [2.05, 4.69) is 4.90 Å². The van der Waals surface area contributed by atoms with E-state index >= 15 is 0 Å². The fourth-order valence-electron chi connectivity index (χ4n) is 1.18. The summed E-state index contributed by atoms with van der Waals surface area (Å²) in [4.78, 5) is 14.2. The Morgan fingerprint density at radius 1 is 1.50 bits per heavy atom. The van der Waals surface area contributed by atoms with Crippen molar-refractivity contribution >= 4 is 6.41 Å². The van der Waals surface area contributed by atoms with Crippen LogP contribution in [0.1, 0.15) is 6.92 Å². The molecule has 4 nitrogen and oxygen atoms in total. The molecule has 0 N–H and O–H groups in total. The molecule has 1 heterocycles. The zero-order valence-corrected chi connectivity index (χ0v) is 7.45. The van der Waals surface area contributed by atoms with Gasteiger partial charge in [0.25, 0.3) is 0 Å². The predicted molar refractivity (Wildman–Crippen MR) is 45.3 cm³/mol. The number of carbonyl (C=O) groups excluding carboxylic acids is 1. The SMILES string of the molecule is CCN([C]=O)CN1CCOCC1. The van der Waals surface area contributed by atoms with E-state index in [0.717, 1.165) is 32.8 Å². The maximum atomic E-state index is 10.4. The smallest absolute Gasteiger partial charge is 0.313 e. The van der Waals surface area contributed by atoms with Crippen molar-refractivity contribution in [1.82, 2.24) is 9.80 Å². The molecule has 1 rings (SSSR count). The van der Waals surface area contributed by atoms with E-state index in [-0.39, 0.29) is 0 Å². The first-order valence-corrected chi connectivity index (χ1v) is 4.29. The average molecular weight is 171 g/mol. The van der Waals surface area contributed by atoms with Crippen molar-refractivity contribution in [1.29, 1.82) is 0 Å². The summed E-state index contributed by atoms with van der Waals surface area (Å²) >= 11 is 0. The molecule has 12 heavy (non-hydrogen) atoms. The van der Waals surface area contributed by atoms with E-state index < -0.39 is 0 Å². The Hall–Kier alpha value is -0.610. The fraction of sp³-hybridized carbons (Fsp3) is 0.875. The minimum Gasteiger partial charge on any atom is -0.379 e. The van der Waals surface area contributed by atoms with E-state index in [4.69, 9.17) is 4.74 Å². The van der Waals surface area contributed by atoms with Crippen molar-refractivity contribution in [3.63, 3.8) is 0 Å². The average Bonchev–Trinajstić information content (AvgIpc) is 2.16. The zero-order valence-electron chi connectivity index (χ0n) is 7.45. The third-order valence-corrected chi connectivity index (χ3v) is 1.99. The molecule has 0 saturated carbocycles. The van der Waals surface area contributed by atoms with Crippen LogP contribution in [-0.4, -0.2) is 55.7 Å². The van der Waals surface area contributed by atoms with Gasteiger partial charge in [-0.15, -0.1) is 0 Å². The van der Waals surface area contributed by atoms with Crippen LogP contribution in [0.15, 0.2) is 0 Å². The van der Waals surface area contributed by atoms with Crippen LogP contribution in [0.5, 0.6) is 0 Å². The second-order valence-corrected chi connectivity index (χ2v) is 2.82. The summed E-state index contributed by atoms with van der Waals surface area (Å²) in [6.45, 7) is 6.73. The topological polar surface area (TPSA) is 32.8 Å². The maximum Gasteiger partial charge on any atom is 0.313 e. The number of hydrogen-bond donors (Lipinski definition) is 0. The van der Waals surface area contributed by atoms with E-state index in [1.165, 1.54) is 0 Å². The molecule has 0 aromatic rings. The number of nitrogens with zero attached hydrogens (tertiary/aromatic N) is 2. The van der Waals surface area contributed by atoms with E-state index in [9.17, 15) is 4.79 Å². The molecule has 1 radical (unpaired) electrons. The van der Waals surface area contributed by atoms with Crippen LogP contribution < -0.4 is 0 Å². The minimum atomic E-state index is 0.684. The zero-order chi connectivity index (χ0) is 8.81. The lowest BCUT2D eigenvalue weighted by Gasteiger charge is -2.29. The number of ether oxygens (including phenoxy) is 1. The Bertz CT molecular complexity index is 135. The van der Waals surface area contributed by atoms with Crippen LogP contribution in [-0.2, 0) is 9.53 Å². The van der Waals surface area contributed by atoms with Gasteiger partial charge in [0.15, 0.2) is 0 Å². The summed E-state index contributed by atoms with van der Waals surface area (Å²) in [5.41, 5.74) is 0. The van der Waals surface area contributed by atoms with Gasteiger partial charge in [0.1, 0.15) is 0 Å². The Morgan fingerprint density at radius 2 is 2.17 bits per heavy atom. The summed E-state index contributed by atoms with van der Waals surface area (Å²) in [5.74, 6) is 0. The number of morpholine rings is 1. The molecule has 0 atom stereocenters. The van der Waals surface area contributed by atoms with Gasteiger partial charge in [-0.2, -0.15) is 0 Å². The Balaban J connectivity index is 2.22. The summed E-state index contributed by atoms with van der Waals surface area (Å²) in [5, 5.41) is 0. The molecule has 0 bridgehead atoms. The molecule has 0 unspecified atom stereocenters. The Kier molecular flexibility index (Phi) is 4.04. The lowest BCUT2D eigenvalue weighted by Crippen LogP contribution is -2.43. The molecule has 1 saturated heterocycles. The van der Waals surface area contributed by atoms with Crippen molar-refractivity contribution in [2.24, 2.45) is 0 Å². The molecular formula is C8H15N2O2. The van der Waals surface area contributed by atoms with Crippen molar-refractivity contribution in [3.05, 3.63) is 0 Å². The Labute approximate surface area is 73.1 Å². The van der Waals surface area contributed by atoms with Crippen LogP contribution >= 0.6 is 0 Å². The van der Waals surface area contributed by atoms with Gasteiger partial charge in [-0.3, -0.25) is 9.69 Å². The molecule has 1 amide bonds. The first-order chi connectivity index (χ1) is 5.86. The van der Waals surface area contributed by atoms with Gasteiger partial charge >= 0.3 is 6.41 Å². The Morgan fingerprint density at radius 3 is 2.67 bits per heavy atom. The highest BCUT2D eigenvalue weighted by Crippen LogP contribution is 1.97. The van der Waals surface area contributed by atoms with Gasteiger partial charge < -0.3 is 9.64 Å². The predicted octanol–water partition coefficient (Wildman–Crippen LogP) is -0.335. The molecule has 0 aliphatic carbocycles. The summed E-state index contributed by atoms with van der Waals surface area (Å²) in [7, 11) is 0. The quantitative estimate of drug-likeness (QED) is 0.543. The highest BCUT2D eigenvalue weighted by molar-refractivity contribution is 5.47. The van der Waals surface area contributed by atoms with Crippen molar-refractivity contribution < 1.29 is 9.53 Å². The normalized spacial score (nSPS) is 19.1. The standard InChI is InChI=1S/C8H15N2O2/c1-2-9(8-11)7-10-3-5-12-6-4-10/h2-7H2,1H3.